The van der Waals surface area contributed by atoms with Gasteiger partial charge in [0.15, 0.2) is 5.69 Å². The SMILES string of the molecule is COC(=O)[C@H](CCC(=O)OC(C)(C)C)NC(=O)c1cc(O)n(-c2ccccc2)n1. The molecule has 1 atom stereocenters. The molecular formula is C20H25N3O6. The van der Waals surface area contributed by atoms with E-state index in [1.165, 1.54) is 17.9 Å². The van der Waals surface area contributed by atoms with Crippen molar-refractivity contribution >= 4 is 17.8 Å². The third kappa shape index (κ3) is 6.34. The van der Waals surface area contributed by atoms with E-state index in [0.717, 1.165) is 0 Å². The summed E-state index contributed by atoms with van der Waals surface area (Å²) in [6, 6.07) is 8.89. The molecule has 1 heterocycles. The number of hydrogen-bond acceptors (Lipinski definition) is 7. The molecule has 9 heteroatoms. The van der Waals surface area contributed by atoms with Crippen LogP contribution in [0.3, 0.4) is 0 Å². The lowest BCUT2D eigenvalue weighted by molar-refractivity contribution is -0.155. The average molecular weight is 403 g/mol. The molecule has 0 spiro atoms. The van der Waals surface area contributed by atoms with Gasteiger partial charge in [0.25, 0.3) is 5.91 Å². The molecule has 0 unspecified atom stereocenters. The van der Waals surface area contributed by atoms with Crippen LogP contribution in [0, 0.1) is 0 Å². The third-order valence-electron chi connectivity index (χ3n) is 3.77. The van der Waals surface area contributed by atoms with E-state index in [-0.39, 0.29) is 24.4 Å². The average Bonchev–Trinajstić information content (AvgIpc) is 3.05. The number of nitrogens with one attached hydrogen (secondary N) is 1. The highest BCUT2D eigenvalue weighted by Crippen LogP contribution is 2.18. The van der Waals surface area contributed by atoms with Gasteiger partial charge in [-0.25, -0.2) is 9.48 Å². The van der Waals surface area contributed by atoms with Crippen molar-refractivity contribution in [2.75, 3.05) is 7.11 Å². The molecule has 0 aliphatic rings. The van der Waals surface area contributed by atoms with Crippen molar-refractivity contribution in [3.8, 4) is 11.6 Å². The summed E-state index contributed by atoms with van der Waals surface area (Å²) >= 11 is 0. The maximum Gasteiger partial charge on any atom is 0.328 e. The van der Waals surface area contributed by atoms with Crippen LogP contribution >= 0.6 is 0 Å². The largest absolute Gasteiger partial charge is 0.493 e. The molecule has 1 aromatic heterocycles. The second-order valence-corrected chi connectivity index (χ2v) is 7.31. The Balaban J connectivity index is 2.08. The molecule has 1 amide bonds. The summed E-state index contributed by atoms with van der Waals surface area (Å²) in [6.07, 6.45) is -0.0836. The molecule has 0 saturated carbocycles. The highest BCUT2D eigenvalue weighted by molar-refractivity contribution is 5.95. The Kier molecular flexibility index (Phi) is 6.98. The fourth-order valence-electron chi connectivity index (χ4n) is 2.52. The fraction of sp³-hybridized carbons (Fsp3) is 0.400. The van der Waals surface area contributed by atoms with E-state index in [1.807, 2.05) is 6.07 Å². The number of amides is 1. The Hall–Kier alpha value is -3.36. The molecular weight excluding hydrogens is 378 g/mol. The quantitative estimate of drug-likeness (QED) is 0.678. The first-order valence-electron chi connectivity index (χ1n) is 9.05. The van der Waals surface area contributed by atoms with Crippen LogP contribution in [0.5, 0.6) is 5.88 Å². The standard InChI is InChI=1S/C20H25N3O6/c1-20(2,3)29-17(25)11-10-14(19(27)28-4)21-18(26)15-12-16(24)23(22-15)13-8-6-5-7-9-13/h5-9,12,14,24H,10-11H2,1-4H3,(H,21,26)/t14-/m0/s1. The molecule has 9 nitrogen and oxygen atoms in total. The second kappa shape index (κ2) is 9.22. The molecule has 0 fully saturated rings. The zero-order chi connectivity index (χ0) is 21.6. The van der Waals surface area contributed by atoms with Crippen LogP contribution in [-0.4, -0.2) is 51.5 Å². The minimum Gasteiger partial charge on any atom is -0.493 e. The molecule has 156 valence electrons. The monoisotopic (exact) mass is 403 g/mol. The number of methoxy groups -OCH3 is 1. The first-order chi connectivity index (χ1) is 13.6. The Morgan fingerprint density at radius 2 is 1.86 bits per heavy atom. The van der Waals surface area contributed by atoms with Crippen molar-refractivity contribution in [3.05, 3.63) is 42.1 Å². The van der Waals surface area contributed by atoms with Crippen LogP contribution < -0.4 is 5.32 Å². The summed E-state index contributed by atoms with van der Waals surface area (Å²) in [5, 5.41) is 16.6. The molecule has 0 radical (unpaired) electrons. The Morgan fingerprint density at radius 3 is 2.45 bits per heavy atom. The first-order valence-corrected chi connectivity index (χ1v) is 9.05. The van der Waals surface area contributed by atoms with Gasteiger partial charge >= 0.3 is 11.9 Å². The Morgan fingerprint density at radius 1 is 1.21 bits per heavy atom. The van der Waals surface area contributed by atoms with Crippen molar-refractivity contribution in [3.63, 3.8) is 0 Å². The van der Waals surface area contributed by atoms with Crippen LogP contribution in [-0.2, 0) is 19.1 Å². The van der Waals surface area contributed by atoms with Gasteiger partial charge < -0.3 is 19.9 Å². The van der Waals surface area contributed by atoms with Crippen LogP contribution in [0.1, 0.15) is 44.1 Å². The van der Waals surface area contributed by atoms with Gasteiger partial charge in [-0.3, -0.25) is 9.59 Å². The summed E-state index contributed by atoms with van der Waals surface area (Å²) < 4.78 is 11.1. The molecule has 1 aromatic carbocycles. The number of hydrogen-bond donors (Lipinski definition) is 2. The molecule has 0 aliphatic heterocycles. The number of carbonyl (C=O) groups excluding carboxylic acids is 3. The molecule has 0 aliphatic carbocycles. The van der Waals surface area contributed by atoms with E-state index in [2.05, 4.69) is 10.4 Å². The van der Waals surface area contributed by atoms with E-state index in [0.29, 0.717) is 5.69 Å². The number of rotatable bonds is 7. The van der Waals surface area contributed by atoms with Gasteiger partial charge in [-0.1, -0.05) is 18.2 Å². The first kappa shape index (κ1) is 21.9. The second-order valence-electron chi connectivity index (χ2n) is 7.31. The number of ether oxygens (including phenoxy) is 2. The zero-order valence-electron chi connectivity index (χ0n) is 16.8. The topological polar surface area (TPSA) is 120 Å². The highest BCUT2D eigenvalue weighted by Gasteiger charge is 2.26. The van der Waals surface area contributed by atoms with E-state index in [9.17, 15) is 19.5 Å². The number of carbonyl (C=O) groups is 3. The zero-order valence-corrected chi connectivity index (χ0v) is 16.8. The summed E-state index contributed by atoms with van der Waals surface area (Å²) in [7, 11) is 1.19. The lowest BCUT2D eigenvalue weighted by atomic mass is 10.1. The minimum absolute atomic E-state index is 0.00129. The van der Waals surface area contributed by atoms with Gasteiger partial charge in [-0.2, -0.15) is 5.10 Å². The number of esters is 2. The Bertz CT molecular complexity index is 870. The van der Waals surface area contributed by atoms with Crippen molar-refractivity contribution in [1.29, 1.82) is 0 Å². The van der Waals surface area contributed by atoms with Crippen molar-refractivity contribution in [1.82, 2.24) is 15.1 Å². The molecule has 2 N–H and O–H groups in total. The third-order valence-corrected chi connectivity index (χ3v) is 3.77. The fourth-order valence-corrected chi connectivity index (χ4v) is 2.52. The predicted molar refractivity (Wildman–Crippen MR) is 104 cm³/mol. The number of benzene rings is 1. The van der Waals surface area contributed by atoms with Gasteiger partial charge in [0, 0.05) is 12.5 Å². The molecule has 0 bridgehead atoms. The number of nitrogens with zero attached hydrogens (tertiary/aromatic N) is 2. The van der Waals surface area contributed by atoms with Gasteiger partial charge in [-0.05, 0) is 39.3 Å². The minimum atomic E-state index is -1.07. The van der Waals surface area contributed by atoms with E-state index in [1.54, 1.807) is 45.0 Å². The van der Waals surface area contributed by atoms with Crippen molar-refractivity contribution < 1.29 is 29.0 Å². The normalized spacial score (nSPS) is 12.1. The van der Waals surface area contributed by atoms with Gasteiger partial charge in [0.1, 0.15) is 11.6 Å². The maximum absolute atomic E-state index is 12.5. The lowest BCUT2D eigenvalue weighted by Crippen LogP contribution is -2.42. The van der Waals surface area contributed by atoms with Crippen molar-refractivity contribution in [2.24, 2.45) is 0 Å². The van der Waals surface area contributed by atoms with Crippen LogP contribution in [0.25, 0.3) is 5.69 Å². The van der Waals surface area contributed by atoms with Gasteiger partial charge in [0.05, 0.1) is 12.8 Å². The summed E-state index contributed by atoms with van der Waals surface area (Å²) in [4.78, 5) is 36.4. The van der Waals surface area contributed by atoms with E-state index < -0.39 is 29.5 Å². The van der Waals surface area contributed by atoms with Gasteiger partial charge in [-0.15, -0.1) is 0 Å². The molecule has 29 heavy (non-hydrogen) atoms. The van der Waals surface area contributed by atoms with Crippen LogP contribution in [0.15, 0.2) is 36.4 Å². The summed E-state index contributed by atoms with van der Waals surface area (Å²) in [5.74, 6) is -2.11. The molecule has 0 saturated heterocycles. The molecule has 2 aromatic rings. The summed E-state index contributed by atoms with van der Waals surface area (Å²) in [6.45, 7) is 5.21. The van der Waals surface area contributed by atoms with E-state index >= 15 is 0 Å². The van der Waals surface area contributed by atoms with E-state index in [4.69, 9.17) is 9.47 Å². The molecule has 2 rings (SSSR count). The smallest absolute Gasteiger partial charge is 0.328 e. The van der Waals surface area contributed by atoms with Crippen LogP contribution in [0.4, 0.5) is 0 Å². The number of aromatic hydroxyl groups is 1. The predicted octanol–water partition coefficient (Wildman–Crippen LogP) is 1.97. The van der Waals surface area contributed by atoms with Crippen LogP contribution in [0.2, 0.25) is 0 Å². The highest BCUT2D eigenvalue weighted by atomic mass is 16.6. The Labute approximate surface area is 168 Å². The number of para-hydroxylation sites is 1. The lowest BCUT2D eigenvalue weighted by Gasteiger charge is -2.20. The number of aromatic nitrogens is 2. The summed E-state index contributed by atoms with van der Waals surface area (Å²) in [5.41, 5.74) is -0.167. The van der Waals surface area contributed by atoms with Crippen molar-refractivity contribution in [2.45, 2.75) is 45.3 Å². The van der Waals surface area contributed by atoms with Gasteiger partial charge in [0.2, 0.25) is 5.88 Å². The maximum atomic E-state index is 12.5.